The van der Waals surface area contributed by atoms with E-state index >= 15 is 0 Å². The summed E-state index contributed by atoms with van der Waals surface area (Å²) in [5, 5.41) is 0. The Kier molecular flexibility index (Phi) is 6.26. The predicted molar refractivity (Wildman–Crippen MR) is 69.9 cm³/mol. The number of carbonyl (C=O) groups is 1. The lowest BCUT2D eigenvalue weighted by molar-refractivity contribution is -0.130. The average molecular weight is 232 g/mol. The zero-order chi connectivity index (χ0) is 12.5. The molecule has 1 unspecified atom stereocenters. The molecule has 1 rings (SSSR count). The SMILES string of the molecule is C=CCCCC(=O)C(OCC)c1ccccc1. The third-order valence-electron chi connectivity index (χ3n) is 2.56. The van der Waals surface area contributed by atoms with E-state index in [2.05, 4.69) is 6.58 Å². The molecular weight excluding hydrogens is 212 g/mol. The molecule has 17 heavy (non-hydrogen) atoms. The summed E-state index contributed by atoms with van der Waals surface area (Å²) in [5.41, 5.74) is 0.943. The molecule has 2 nitrogen and oxygen atoms in total. The number of ether oxygens (including phenoxy) is 1. The van der Waals surface area contributed by atoms with Crippen molar-refractivity contribution in [1.82, 2.24) is 0 Å². The van der Waals surface area contributed by atoms with Gasteiger partial charge in [-0.15, -0.1) is 6.58 Å². The van der Waals surface area contributed by atoms with Gasteiger partial charge in [0.15, 0.2) is 5.78 Å². The van der Waals surface area contributed by atoms with Gasteiger partial charge in [0.1, 0.15) is 6.10 Å². The lowest BCUT2D eigenvalue weighted by Crippen LogP contribution is -2.16. The number of rotatable bonds is 8. The first-order valence-corrected chi connectivity index (χ1v) is 6.09. The van der Waals surface area contributed by atoms with Crippen LogP contribution in [0.5, 0.6) is 0 Å². The van der Waals surface area contributed by atoms with Gasteiger partial charge in [0.05, 0.1) is 0 Å². The predicted octanol–water partition coefficient (Wildman–Crippen LogP) is 3.69. The van der Waals surface area contributed by atoms with Crippen LogP contribution >= 0.6 is 0 Å². The highest BCUT2D eigenvalue weighted by molar-refractivity contribution is 5.84. The molecule has 0 fully saturated rings. The zero-order valence-electron chi connectivity index (χ0n) is 10.4. The first kappa shape index (κ1) is 13.7. The Morgan fingerprint density at radius 2 is 2.12 bits per heavy atom. The first-order valence-electron chi connectivity index (χ1n) is 6.09. The molecule has 0 bridgehead atoms. The van der Waals surface area contributed by atoms with Gasteiger partial charge in [-0.2, -0.15) is 0 Å². The highest BCUT2D eigenvalue weighted by atomic mass is 16.5. The minimum absolute atomic E-state index is 0.153. The van der Waals surface area contributed by atoms with E-state index in [0.717, 1.165) is 18.4 Å². The van der Waals surface area contributed by atoms with Gasteiger partial charge in [0.2, 0.25) is 0 Å². The van der Waals surface area contributed by atoms with Crippen molar-refractivity contribution in [2.24, 2.45) is 0 Å². The fraction of sp³-hybridized carbons (Fsp3) is 0.400. The average Bonchev–Trinajstić information content (AvgIpc) is 2.37. The highest BCUT2D eigenvalue weighted by Gasteiger charge is 2.19. The number of ketones is 1. The molecule has 1 aromatic rings. The number of allylic oxidation sites excluding steroid dienone is 1. The van der Waals surface area contributed by atoms with Gasteiger partial charge in [-0.3, -0.25) is 4.79 Å². The van der Waals surface area contributed by atoms with E-state index in [1.54, 1.807) is 0 Å². The normalized spacial score (nSPS) is 12.1. The topological polar surface area (TPSA) is 26.3 Å². The minimum Gasteiger partial charge on any atom is -0.366 e. The molecule has 0 spiro atoms. The van der Waals surface area contributed by atoms with Gasteiger partial charge >= 0.3 is 0 Å². The fourth-order valence-corrected chi connectivity index (χ4v) is 1.72. The summed E-state index contributed by atoms with van der Waals surface area (Å²) in [7, 11) is 0. The van der Waals surface area contributed by atoms with Crippen LogP contribution in [0.25, 0.3) is 0 Å². The van der Waals surface area contributed by atoms with Gasteiger partial charge < -0.3 is 4.74 Å². The molecule has 2 heteroatoms. The van der Waals surface area contributed by atoms with Crippen LogP contribution in [-0.4, -0.2) is 12.4 Å². The van der Waals surface area contributed by atoms with Crippen LogP contribution in [0.15, 0.2) is 43.0 Å². The molecule has 0 heterocycles. The van der Waals surface area contributed by atoms with Gasteiger partial charge in [-0.25, -0.2) is 0 Å². The maximum absolute atomic E-state index is 12.0. The molecule has 0 amide bonds. The Hall–Kier alpha value is -1.41. The van der Waals surface area contributed by atoms with Gasteiger partial charge in [0.25, 0.3) is 0 Å². The Labute approximate surface area is 103 Å². The maximum Gasteiger partial charge on any atom is 0.166 e. The van der Waals surface area contributed by atoms with Crippen LogP contribution in [-0.2, 0) is 9.53 Å². The van der Waals surface area contributed by atoms with Gasteiger partial charge in [0, 0.05) is 13.0 Å². The molecule has 0 aliphatic carbocycles. The number of Topliss-reactive ketones (excluding diaryl/α,β-unsaturated/α-hetero) is 1. The van der Waals surface area contributed by atoms with Crippen molar-refractivity contribution in [3.05, 3.63) is 48.6 Å². The quantitative estimate of drug-likeness (QED) is 0.504. The van der Waals surface area contributed by atoms with E-state index in [1.807, 2.05) is 43.3 Å². The highest BCUT2D eigenvalue weighted by Crippen LogP contribution is 2.20. The molecule has 0 aliphatic rings. The standard InChI is InChI=1S/C15H20O2/c1-3-5-7-12-14(16)15(17-4-2)13-10-8-6-9-11-13/h3,6,8-11,15H,1,4-5,7,12H2,2H3. The van der Waals surface area contributed by atoms with Crippen molar-refractivity contribution >= 4 is 5.78 Å². The van der Waals surface area contributed by atoms with E-state index in [4.69, 9.17) is 4.74 Å². The van der Waals surface area contributed by atoms with E-state index in [9.17, 15) is 4.79 Å². The Morgan fingerprint density at radius 3 is 2.71 bits per heavy atom. The number of benzene rings is 1. The van der Waals surface area contributed by atoms with E-state index in [0.29, 0.717) is 13.0 Å². The number of hydrogen-bond acceptors (Lipinski definition) is 2. The summed E-state index contributed by atoms with van der Waals surface area (Å²) < 4.78 is 5.55. The summed E-state index contributed by atoms with van der Waals surface area (Å²) in [4.78, 5) is 12.0. The van der Waals surface area contributed by atoms with E-state index in [1.165, 1.54) is 0 Å². The largest absolute Gasteiger partial charge is 0.366 e. The second kappa shape index (κ2) is 7.80. The van der Waals surface area contributed by atoms with Crippen LogP contribution in [0.2, 0.25) is 0 Å². The monoisotopic (exact) mass is 232 g/mol. The van der Waals surface area contributed by atoms with Crippen LogP contribution in [0, 0.1) is 0 Å². The van der Waals surface area contributed by atoms with Crippen LogP contribution in [0.4, 0.5) is 0 Å². The molecule has 1 aromatic carbocycles. The Balaban J connectivity index is 2.65. The second-order valence-corrected chi connectivity index (χ2v) is 3.89. The molecular formula is C15H20O2. The summed E-state index contributed by atoms with van der Waals surface area (Å²) in [6, 6.07) is 9.67. The van der Waals surface area contributed by atoms with Crippen molar-refractivity contribution in [3.8, 4) is 0 Å². The van der Waals surface area contributed by atoms with Crippen molar-refractivity contribution < 1.29 is 9.53 Å². The van der Waals surface area contributed by atoms with Crippen molar-refractivity contribution in [2.75, 3.05) is 6.61 Å². The lowest BCUT2D eigenvalue weighted by atomic mass is 10.0. The molecule has 0 N–H and O–H groups in total. The second-order valence-electron chi connectivity index (χ2n) is 3.89. The van der Waals surface area contributed by atoms with Crippen molar-refractivity contribution in [2.45, 2.75) is 32.3 Å². The smallest absolute Gasteiger partial charge is 0.166 e. The summed E-state index contributed by atoms with van der Waals surface area (Å²) in [5.74, 6) is 0.153. The summed E-state index contributed by atoms with van der Waals surface area (Å²) in [6.45, 7) is 6.11. The van der Waals surface area contributed by atoms with Crippen molar-refractivity contribution in [3.63, 3.8) is 0 Å². The zero-order valence-corrected chi connectivity index (χ0v) is 10.4. The first-order chi connectivity index (χ1) is 8.29. The molecule has 1 atom stereocenters. The number of carbonyl (C=O) groups excluding carboxylic acids is 1. The van der Waals surface area contributed by atoms with Crippen LogP contribution in [0.3, 0.4) is 0 Å². The number of hydrogen-bond donors (Lipinski definition) is 0. The van der Waals surface area contributed by atoms with Gasteiger partial charge in [-0.05, 0) is 25.3 Å². The molecule has 0 saturated heterocycles. The molecule has 0 aromatic heterocycles. The van der Waals surface area contributed by atoms with Crippen LogP contribution < -0.4 is 0 Å². The third-order valence-corrected chi connectivity index (χ3v) is 2.56. The van der Waals surface area contributed by atoms with Crippen molar-refractivity contribution in [1.29, 1.82) is 0 Å². The van der Waals surface area contributed by atoms with Crippen LogP contribution in [0.1, 0.15) is 37.9 Å². The van der Waals surface area contributed by atoms with E-state index < -0.39 is 6.10 Å². The Morgan fingerprint density at radius 1 is 1.41 bits per heavy atom. The Bertz CT molecular complexity index is 343. The molecule has 92 valence electrons. The third kappa shape index (κ3) is 4.53. The minimum atomic E-state index is -0.411. The molecule has 0 aliphatic heterocycles. The van der Waals surface area contributed by atoms with E-state index in [-0.39, 0.29) is 5.78 Å². The number of unbranched alkanes of at least 4 members (excludes halogenated alkanes) is 1. The van der Waals surface area contributed by atoms with Gasteiger partial charge in [-0.1, -0.05) is 36.4 Å². The molecule has 0 radical (unpaired) electrons. The molecule has 0 saturated carbocycles. The fourth-order valence-electron chi connectivity index (χ4n) is 1.72. The maximum atomic E-state index is 12.0. The summed E-state index contributed by atoms with van der Waals surface area (Å²) >= 11 is 0. The lowest BCUT2D eigenvalue weighted by Gasteiger charge is -2.16. The summed E-state index contributed by atoms with van der Waals surface area (Å²) in [6.07, 6.45) is 3.70.